The number of ether oxygens (including phenoxy) is 2. The lowest BCUT2D eigenvalue weighted by atomic mass is 10.0. The lowest BCUT2D eigenvalue weighted by molar-refractivity contribution is 0.178. The Kier molecular flexibility index (Phi) is 5.65. The molecule has 0 saturated heterocycles. The number of benzene rings is 2. The van der Waals surface area contributed by atoms with Crippen LogP contribution in [0.5, 0.6) is 11.5 Å². The second-order valence-electron chi connectivity index (χ2n) is 4.69. The van der Waals surface area contributed by atoms with Gasteiger partial charge in [-0.2, -0.15) is 0 Å². The Labute approximate surface area is 133 Å². The van der Waals surface area contributed by atoms with Gasteiger partial charge in [-0.15, -0.1) is 0 Å². The lowest BCUT2D eigenvalue weighted by Crippen LogP contribution is -2.03. The van der Waals surface area contributed by atoms with Crippen molar-refractivity contribution in [1.29, 1.82) is 0 Å². The van der Waals surface area contributed by atoms with Crippen LogP contribution < -0.4 is 9.47 Å². The van der Waals surface area contributed by atoms with Crippen molar-refractivity contribution in [3.63, 3.8) is 0 Å². The fraction of sp³-hybridized carbons (Fsp3) is 0.294. The summed E-state index contributed by atoms with van der Waals surface area (Å²) in [6.07, 6.45) is -0.0243. The van der Waals surface area contributed by atoms with Crippen LogP contribution in [-0.4, -0.2) is 18.8 Å². The fourth-order valence-electron chi connectivity index (χ4n) is 2.16. The van der Waals surface area contributed by atoms with Crippen LogP contribution in [0.1, 0.15) is 24.2 Å². The van der Waals surface area contributed by atoms with Crippen molar-refractivity contribution in [1.82, 2.24) is 0 Å². The van der Waals surface area contributed by atoms with Gasteiger partial charge >= 0.3 is 0 Å². The van der Waals surface area contributed by atoms with Gasteiger partial charge in [0.1, 0.15) is 11.5 Å². The minimum atomic E-state index is -0.564. The molecule has 0 spiro atoms. The van der Waals surface area contributed by atoms with Crippen LogP contribution in [0.3, 0.4) is 0 Å². The third kappa shape index (κ3) is 4.22. The summed E-state index contributed by atoms with van der Waals surface area (Å²) in [4.78, 5) is 0. The molecule has 4 heteroatoms. The first kappa shape index (κ1) is 15.9. The van der Waals surface area contributed by atoms with E-state index in [0.29, 0.717) is 13.0 Å². The molecule has 2 rings (SSSR count). The third-order valence-electron chi connectivity index (χ3n) is 3.20. The van der Waals surface area contributed by atoms with Crippen LogP contribution in [0.25, 0.3) is 0 Å². The molecular formula is C17H19BrO3. The molecule has 112 valence electrons. The summed E-state index contributed by atoms with van der Waals surface area (Å²) in [6.45, 7) is 2.56. The molecule has 0 fully saturated rings. The number of methoxy groups -OCH3 is 1. The molecule has 0 aliphatic heterocycles. The molecule has 0 heterocycles. The summed E-state index contributed by atoms with van der Waals surface area (Å²) in [5.41, 5.74) is 1.89. The molecule has 0 aliphatic rings. The van der Waals surface area contributed by atoms with Crippen molar-refractivity contribution in [2.45, 2.75) is 19.4 Å². The Hall–Kier alpha value is -1.52. The molecule has 0 amide bonds. The quantitative estimate of drug-likeness (QED) is 0.850. The number of hydrogen-bond donors (Lipinski definition) is 1. The van der Waals surface area contributed by atoms with Crippen LogP contribution in [0, 0.1) is 0 Å². The highest BCUT2D eigenvalue weighted by Gasteiger charge is 2.11. The van der Waals surface area contributed by atoms with Gasteiger partial charge in [-0.25, -0.2) is 0 Å². The molecule has 1 atom stereocenters. The van der Waals surface area contributed by atoms with Gasteiger partial charge in [0.2, 0.25) is 0 Å². The zero-order valence-corrected chi connectivity index (χ0v) is 13.8. The minimum absolute atomic E-state index is 0.540. The number of rotatable bonds is 6. The fourth-order valence-corrected chi connectivity index (χ4v) is 2.74. The van der Waals surface area contributed by atoms with E-state index in [-0.39, 0.29) is 0 Å². The largest absolute Gasteiger partial charge is 0.496 e. The molecule has 0 radical (unpaired) electrons. The van der Waals surface area contributed by atoms with Gasteiger partial charge in [0.05, 0.1) is 24.3 Å². The summed E-state index contributed by atoms with van der Waals surface area (Å²) in [5, 5.41) is 10.4. The van der Waals surface area contributed by atoms with Crippen LogP contribution in [-0.2, 0) is 6.42 Å². The van der Waals surface area contributed by atoms with Crippen molar-refractivity contribution in [3.8, 4) is 11.5 Å². The van der Waals surface area contributed by atoms with Crippen molar-refractivity contribution >= 4 is 15.9 Å². The van der Waals surface area contributed by atoms with E-state index in [9.17, 15) is 5.11 Å². The Balaban J connectivity index is 2.12. The molecule has 2 aromatic carbocycles. The monoisotopic (exact) mass is 350 g/mol. The zero-order valence-electron chi connectivity index (χ0n) is 12.2. The highest BCUT2D eigenvalue weighted by atomic mass is 79.9. The molecule has 2 aromatic rings. The predicted octanol–water partition coefficient (Wildman–Crippen LogP) is 4.13. The number of halogens is 1. The van der Waals surface area contributed by atoms with Gasteiger partial charge in [0, 0.05) is 6.42 Å². The summed E-state index contributed by atoms with van der Waals surface area (Å²) in [7, 11) is 1.63. The Morgan fingerprint density at radius 1 is 1.19 bits per heavy atom. The lowest BCUT2D eigenvalue weighted by Gasteiger charge is -2.13. The van der Waals surface area contributed by atoms with Gasteiger partial charge in [0.15, 0.2) is 0 Å². The van der Waals surface area contributed by atoms with Gasteiger partial charge in [-0.3, -0.25) is 0 Å². The minimum Gasteiger partial charge on any atom is -0.496 e. The summed E-state index contributed by atoms with van der Waals surface area (Å²) in [6, 6.07) is 13.4. The van der Waals surface area contributed by atoms with E-state index in [1.807, 2.05) is 49.4 Å². The zero-order chi connectivity index (χ0) is 15.2. The molecule has 0 bridgehead atoms. The topological polar surface area (TPSA) is 38.7 Å². The number of aliphatic hydroxyl groups excluding tert-OH is 1. The van der Waals surface area contributed by atoms with Crippen molar-refractivity contribution in [3.05, 3.63) is 58.1 Å². The first-order chi connectivity index (χ1) is 10.1. The smallest absolute Gasteiger partial charge is 0.133 e. The van der Waals surface area contributed by atoms with E-state index < -0.39 is 6.10 Å². The molecule has 0 aromatic heterocycles. The molecule has 1 N–H and O–H groups in total. The third-order valence-corrected chi connectivity index (χ3v) is 3.82. The van der Waals surface area contributed by atoms with Gasteiger partial charge < -0.3 is 14.6 Å². The molecule has 1 unspecified atom stereocenters. The van der Waals surface area contributed by atoms with E-state index in [0.717, 1.165) is 27.1 Å². The highest BCUT2D eigenvalue weighted by molar-refractivity contribution is 9.10. The van der Waals surface area contributed by atoms with Gasteiger partial charge in [0.25, 0.3) is 0 Å². The standard InChI is InChI=1S/C17H19BrO3/c1-3-21-14-6-4-5-13(11-14)16(19)10-12-7-8-17(20-2)15(18)9-12/h4-9,11,16,19H,3,10H2,1-2H3. The van der Waals surface area contributed by atoms with Crippen LogP contribution in [0.15, 0.2) is 46.9 Å². The van der Waals surface area contributed by atoms with Gasteiger partial charge in [-0.1, -0.05) is 18.2 Å². The second kappa shape index (κ2) is 7.48. The average molecular weight is 351 g/mol. The second-order valence-corrected chi connectivity index (χ2v) is 5.55. The SMILES string of the molecule is CCOc1cccc(C(O)Cc2ccc(OC)c(Br)c2)c1. The van der Waals surface area contributed by atoms with E-state index in [2.05, 4.69) is 15.9 Å². The van der Waals surface area contributed by atoms with Crippen molar-refractivity contribution < 1.29 is 14.6 Å². The average Bonchev–Trinajstić information content (AvgIpc) is 2.48. The molecule has 3 nitrogen and oxygen atoms in total. The van der Waals surface area contributed by atoms with E-state index >= 15 is 0 Å². The first-order valence-electron chi connectivity index (χ1n) is 6.87. The van der Waals surface area contributed by atoms with Crippen molar-refractivity contribution in [2.75, 3.05) is 13.7 Å². The van der Waals surface area contributed by atoms with Crippen molar-refractivity contribution in [2.24, 2.45) is 0 Å². The Morgan fingerprint density at radius 3 is 2.67 bits per heavy atom. The van der Waals surface area contributed by atoms with E-state index in [1.54, 1.807) is 7.11 Å². The molecule has 21 heavy (non-hydrogen) atoms. The molecule has 0 saturated carbocycles. The van der Waals surface area contributed by atoms with Crippen LogP contribution >= 0.6 is 15.9 Å². The van der Waals surface area contributed by atoms with Crippen LogP contribution in [0.4, 0.5) is 0 Å². The summed E-state index contributed by atoms with van der Waals surface area (Å²) < 4.78 is 11.6. The van der Waals surface area contributed by atoms with Gasteiger partial charge in [-0.05, 0) is 58.2 Å². The Bertz CT molecular complexity index is 598. The molecule has 0 aliphatic carbocycles. The van der Waals surface area contributed by atoms with E-state index in [1.165, 1.54) is 0 Å². The molecular weight excluding hydrogens is 332 g/mol. The maximum atomic E-state index is 10.4. The Morgan fingerprint density at radius 2 is 2.00 bits per heavy atom. The maximum Gasteiger partial charge on any atom is 0.133 e. The summed E-state index contributed by atoms with van der Waals surface area (Å²) in [5.74, 6) is 1.57. The number of aliphatic hydroxyl groups is 1. The maximum absolute atomic E-state index is 10.4. The first-order valence-corrected chi connectivity index (χ1v) is 7.66. The number of hydrogen-bond acceptors (Lipinski definition) is 3. The van der Waals surface area contributed by atoms with Crippen LogP contribution in [0.2, 0.25) is 0 Å². The van der Waals surface area contributed by atoms with E-state index in [4.69, 9.17) is 9.47 Å². The normalized spacial score (nSPS) is 12.0. The highest BCUT2D eigenvalue weighted by Crippen LogP contribution is 2.28. The summed E-state index contributed by atoms with van der Waals surface area (Å²) >= 11 is 3.46. The predicted molar refractivity (Wildman–Crippen MR) is 87.0 cm³/mol.